The van der Waals surface area contributed by atoms with E-state index in [2.05, 4.69) is 15.0 Å². The number of aromatic nitrogens is 2. The fourth-order valence-electron chi connectivity index (χ4n) is 6.24. The highest BCUT2D eigenvalue weighted by atomic mass is 35.5. The molecular formula is C29H26Cl2FN3O4S. The molecule has 0 aliphatic heterocycles. The fraction of sp³-hybridized carbons (Fsp3) is 0.414. The van der Waals surface area contributed by atoms with Gasteiger partial charge in [0, 0.05) is 10.3 Å². The lowest BCUT2D eigenvalue weighted by Gasteiger charge is -2.41. The molecule has 0 amide bonds. The smallest absolute Gasteiger partial charge is 0.191 e. The number of thiazole rings is 1. The molecule has 208 valence electrons. The van der Waals surface area contributed by atoms with Crippen LogP contribution in [0.2, 0.25) is 10.0 Å². The average Bonchev–Trinajstić information content (AvgIpc) is 3.55. The number of nitrogens with zero attached hydrogens (tertiary/aromatic N) is 3. The van der Waals surface area contributed by atoms with Crippen molar-refractivity contribution in [2.45, 2.75) is 63.4 Å². The predicted molar refractivity (Wildman–Crippen MR) is 151 cm³/mol. The minimum Gasteiger partial charge on any atom is -0.382 e. The van der Waals surface area contributed by atoms with E-state index in [1.54, 1.807) is 38.1 Å². The van der Waals surface area contributed by atoms with Crippen molar-refractivity contribution in [3.8, 4) is 11.3 Å². The van der Waals surface area contributed by atoms with Crippen LogP contribution in [0.1, 0.15) is 55.9 Å². The summed E-state index contributed by atoms with van der Waals surface area (Å²) in [5.74, 6) is -0.517. The van der Waals surface area contributed by atoms with Crippen molar-refractivity contribution in [3.63, 3.8) is 0 Å². The van der Waals surface area contributed by atoms with Crippen LogP contribution in [-0.2, 0) is 22.5 Å². The quantitative estimate of drug-likeness (QED) is 0.219. The second-order valence-electron chi connectivity index (χ2n) is 11.1. The minimum absolute atomic E-state index is 0.105. The van der Waals surface area contributed by atoms with Gasteiger partial charge in [-0.15, -0.1) is 11.3 Å². The van der Waals surface area contributed by atoms with E-state index in [1.807, 2.05) is 0 Å². The van der Waals surface area contributed by atoms with Crippen LogP contribution in [0.5, 0.6) is 0 Å². The third kappa shape index (κ3) is 4.51. The molecule has 2 aromatic heterocycles. The van der Waals surface area contributed by atoms with E-state index in [-0.39, 0.29) is 41.5 Å². The molecule has 4 aromatic rings. The van der Waals surface area contributed by atoms with E-state index < -0.39 is 17.0 Å². The Balaban J connectivity index is 1.26. The Morgan fingerprint density at radius 1 is 1.23 bits per heavy atom. The van der Waals surface area contributed by atoms with Crippen molar-refractivity contribution in [1.29, 1.82) is 0 Å². The van der Waals surface area contributed by atoms with Crippen LogP contribution in [0.25, 0.3) is 26.3 Å². The molecule has 2 saturated carbocycles. The molecule has 0 saturated heterocycles. The van der Waals surface area contributed by atoms with Crippen LogP contribution in [0, 0.1) is 24.2 Å². The maximum Gasteiger partial charge on any atom is 0.191 e. The van der Waals surface area contributed by atoms with Crippen LogP contribution in [0.15, 0.2) is 34.9 Å². The molecule has 2 aliphatic rings. The Bertz CT molecular complexity index is 1620. The lowest BCUT2D eigenvalue weighted by Crippen LogP contribution is -2.44. The van der Waals surface area contributed by atoms with Crippen LogP contribution in [0.4, 0.5) is 10.1 Å². The molecule has 0 spiro atoms. The molecule has 2 aliphatic carbocycles. The fourth-order valence-corrected chi connectivity index (χ4v) is 8.08. The standard InChI is InChI=1S/C29H26Cl2FN3O4S/c1-28(2,36)26-18(24(35-39-26)23-19(30)5-4-6-20(23)31)13-38-17-9-14-7-8-15(10-17)29(14,37)27-34-25-21(32)11-16(33-3)12-22(25)40-27/h4-6,11-12,14-15,17,36-37H,7-10,13H2,1-2H3/t14-,15+,17?,29?. The zero-order valence-electron chi connectivity index (χ0n) is 21.7. The van der Waals surface area contributed by atoms with Crippen LogP contribution < -0.4 is 0 Å². The number of halogens is 3. The van der Waals surface area contributed by atoms with Gasteiger partial charge in [0.1, 0.15) is 33.2 Å². The summed E-state index contributed by atoms with van der Waals surface area (Å²) in [5, 5.41) is 28.2. The van der Waals surface area contributed by atoms with Crippen molar-refractivity contribution < 1.29 is 23.9 Å². The number of aliphatic hydroxyl groups is 2. The van der Waals surface area contributed by atoms with Crippen molar-refractivity contribution in [3.05, 3.63) is 73.9 Å². The predicted octanol–water partition coefficient (Wildman–Crippen LogP) is 7.77. The molecule has 2 N–H and O–H groups in total. The number of fused-ring (bicyclic) bond motifs is 3. The summed E-state index contributed by atoms with van der Waals surface area (Å²) in [7, 11) is 0. The van der Waals surface area contributed by atoms with E-state index >= 15 is 0 Å². The van der Waals surface area contributed by atoms with Crippen LogP contribution in [-0.4, -0.2) is 26.5 Å². The maximum atomic E-state index is 14.6. The highest BCUT2D eigenvalue weighted by Gasteiger charge is 2.56. The molecule has 2 fully saturated rings. The Morgan fingerprint density at radius 2 is 1.90 bits per heavy atom. The zero-order chi connectivity index (χ0) is 28.4. The summed E-state index contributed by atoms with van der Waals surface area (Å²) >= 11 is 14.2. The second-order valence-corrected chi connectivity index (χ2v) is 12.9. The SMILES string of the molecule is [C-]#[N+]c1cc(F)c2nc(C3(O)[C@@H]4CC[C@H]3CC(OCc3c(-c5c(Cl)cccc5Cl)noc3C(C)(C)O)C4)sc2c1. The van der Waals surface area contributed by atoms with Crippen molar-refractivity contribution in [2.24, 2.45) is 11.8 Å². The Kier molecular flexibility index (Phi) is 6.93. The summed E-state index contributed by atoms with van der Waals surface area (Å²) < 4.78 is 27.2. The summed E-state index contributed by atoms with van der Waals surface area (Å²) in [6, 6.07) is 7.96. The first-order valence-corrected chi connectivity index (χ1v) is 14.6. The third-order valence-electron chi connectivity index (χ3n) is 8.11. The van der Waals surface area contributed by atoms with Crippen molar-refractivity contribution in [2.75, 3.05) is 0 Å². The molecule has 4 atom stereocenters. The maximum absolute atomic E-state index is 14.6. The molecule has 2 aromatic carbocycles. The van der Waals surface area contributed by atoms with Crippen LogP contribution >= 0.6 is 34.5 Å². The van der Waals surface area contributed by atoms with Gasteiger partial charge in [-0.05, 0) is 75.6 Å². The second kappa shape index (κ2) is 10.1. The first-order chi connectivity index (χ1) is 19.0. The number of hydrogen-bond acceptors (Lipinski definition) is 7. The Hall–Kier alpha value is -2.58. The molecule has 2 unspecified atom stereocenters. The van der Waals surface area contributed by atoms with Crippen molar-refractivity contribution >= 4 is 50.4 Å². The average molecular weight is 603 g/mol. The normalized spacial score (nSPS) is 24.5. The van der Waals surface area contributed by atoms with Gasteiger partial charge < -0.3 is 19.5 Å². The van der Waals surface area contributed by atoms with Gasteiger partial charge in [-0.1, -0.05) is 34.4 Å². The summed E-state index contributed by atoms with van der Waals surface area (Å²) in [4.78, 5) is 7.85. The summed E-state index contributed by atoms with van der Waals surface area (Å²) in [6.07, 6.45) is 2.61. The van der Waals surface area contributed by atoms with E-state index in [4.69, 9.17) is 39.0 Å². The van der Waals surface area contributed by atoms with Gasteiger partial charge >= 0.3 is 0 Å². The molecule has 7 nitrogen and oxygen atoms in total. The largest absolute Gasteiger partial charge is 0.382 e. The molecule has 2 bridgehead atoms. The molecule has 6 rings (SSSR count). The molecule has 2 heterocycles. The lowest BCUT2D eigenvalue weighted by atomic mass is 9.73. The molecule has 40 heavy (non-hydrogen) atoms. The highest BCUT2D eigenvalue weighted by molar-refractivity contribution is 7.18. The van der Waals surface area contributed by atoms with Crippen molar-refractivity contribution in [1.82, 2.24) is 10.1 Å². The Morgan fingerprint density at radius 3 is 2.52 bits per heavy atom. The molecular weight excluding hydrogens is 576 g/mol. The van der Waals surface area contributed by atoms with Gasteiger partial charge in [0.25, 0.3) is 0 Å². The first-order valence-electron chi connectivity index (χ1n) is 13.0. The lowest BCUT2D eigenvalue weighted by molar-refractivity contribution is -0.116. The third-order valence-corrected chi connectivity index (χ3v) is 9.89. The molecule has 11 heteroatoms. The van der Waals surface area contributed by atoms with E-state index in [0.717, 1.165) is 12.8 Å². The number of hydrogen-bond donors (Lipinski definition) is 2. The van der Waals surface area contributed by atoms with E-state index in [1.165, 1.54) is 17.4 Å². The van der Waals surface area contributed by atoms with Gasteiger partial charge in [-0.3, -0.25) is 0 Å². The van der Waals surface area contributed by atoms with Gasteiger partial charge in [-0.25, -0.2) is 14.2 Å². The monoisotopic (exact) mass is 601 g/mol. The van der Waals surface area contributed by atoms with Crippen LogP contribution in [0.3, 0.4) is 0 Å². The highest BCUT2D eigenvalue weighted by Crippen LogP contribution is 2.57. The molecule has 0 radical (unpaired) electrons. The van der Waals surface area contributed by atoms with Gasteiger partial charge in [0.2, 0.25) is 0 Å². The number of rotatable bonds is 6. The van der Waals surface area contributed by atoms with E-state index in [9.17, 15) is 14.6 Å². The topological polar surface area (TPSA) is 93.0 Å². The zero-order valence-corrected chi connectivity index (χ0v) is 24.1. The van der Waals surface area contributed by atoms with Gasteiger partial charge in [0.15, 0.2) is 11.4 Å². The minimum atomic E-state index is -1.32. The van der Waals surface area contributed by atoms with Gasteiger partial charge in [0.05, 0.1) is 34.9 Å². The number of benzene rings is 2. The number of ether oxygens (including phenoxy) is 1. The van der Waals surface area contributed by atoms with Gasteiger partial charge in [-0.2, -0.15) is 0 Å². The van der Waals surface area contributed by atoms with E-state index in [0.29, 0.717) is 49.4 Å². The summed E-state index contributed by atoms with van der Waals surface area (Å²) in [5.41, 5.74) is -0.615. The Labute approximate surface area is 244 Å². The first kappa shape index (κ1) is 27.6. The summed E-state index contributed by atoms with van der Waals surface area (Å²) in [6.45, 7) is 10.5.